The summed E-state index contributed by atoms with van der Waals surface area (Å²) in [6, 6.07) is 0. The summed E-state index contributed by atoms with van der Waals surface area (Å²) >= 11 is 0. The molecule has 3 nitrogen and oxygen atoms in total. The summed E-state index contributed by atoms with van der Waals surface area (Å²) in [5.41, 5.74) is 4.58. The van der Waals surface area contributed by atoms with E-state index in [0.717, 1.165) is 42.9 Å². The van der Waals surface area contributed by atoms with E-state index in [1.807, 2.05) is 6.92 Å². The second kappa shape index (κ2) is 12.6. The van der Waals surface area contributed by atoms with Crippen molar-refractivity contribution in [2.24, 2.45) is 29.1 Å². The summed E-state index contributed by atoms with van der Waals surface area (Å²) in [4.78, 5) is 12.0. The van der Waals surface area contributed by atoms with E-state index in [4.69, 9.17) is 9.47 Å². The summed E-state index contributed by atoms with van der Waals surface area (Å²) in [7, 11) is 0. The average molecular weight is 471 g/mol. The maximum absolute atomic E-state index is 12.0. The Balaban J connectivity index is 1.65. The van der Waals surface area contributed by atoms with Crippen LogP contribution in [-0.4, -0.2) is 25.3 Å². The zero-order valence-corrected chi connectivity index (χ0v) is 22.7. The summed E-state index contributed by atoms with van der Waals surface area (Å²) in [5.74, 6) is 2.99. The molecule has 192 valence electrons. The van der Waals surface area contributed by atoms with E-state index in [0.29, 0.717) is 12.0 Å². The molecule has 0 aliphatic heterocycles. The van der Waals surface area contributed by atoms with Gasteiger partial charge in [0.15, 0.2) is 0 Å². The van der Waals surface area contributed by atoms with Crippen LogP contribution in [0.2, 0.25) is 0 Å². The van der Waals surface area contributed by atoms with Gasteiger partial charge in [0.2, 0.25) is 0 Å². The molecule has 0 heterocycles. The lowest BCUT2D eigenvalue weighted by molar-refractivity contribution is -0.154. The zero-order chi connectivity index (χ0) is 24.7. The van der Waals surface area contributed by atoms with Gasteiger partial charge in [0, 0.05) is 13.0 Å². The molecular formula is C31H50O3. The highest BCUT2D eigenvalue weighted by molar-refractivity contribution is 5.71. The molecule has 1 unspecified atom stereocenters. The molecule has 0 aromatic rings. The van der Waals surface area contributed by atoms with E-state index in [1.54, 1.807) is 5.57 Å². The number of esters is 1. The molecule has 0 saturated heterocycles. The standard InChI is InChI=1S/C31H50O3/c1-7-33-21-30(32)34-27-16-13-23(4)26(20-27)15-14-25-12-9-19-31(6)28(17-18-29(25)31)24(5)11-8-10-22(2)3/h14-15,22,24,27-29H,4,7-13,16-21H2,1-3,5-6H3/b25-14+,26-15-/t24-,27+,28-,29?,31-/m1/s1. The van der Waals surface area contributed by atoms with Crippen LogP contribution in [0.5, 0.6) is 0 Å². The summed E-state index contributed by atoms with van der Waals surface area (Å²) in [6.45, 7) is 16.6. The van der Waals surface area contributed by atoms with Crippen LogP contribution in [0.25, 0.3) is 0 Å². The van der Waals surface area contributed by atoms with Gasteiger partial charge >= 0.3 is 5.97 Å². The minimum Gasteiger partial charge on any atom is -0.460 e. The highest BCUT2D eigenvalue weighted by atomic mass is 16.6. The van der Waals surface area contributed by atoms with Crippen LogP contribution in [0.4, 0.5) is 0 Å². The number of carbonyl (C=O) groups is 1. The predicted octanol–water partition coefficient (Wildman–Crippen LogP) is 8.21. The monoisotopic (exact) mass is 470 g/mol. The highest BCUT2D eigenvalue weighted by Crippen LogP contribution is 2.60. The summed E-state index contributed by atoms with van der Waals surface area (Å²) < 4.78 is 10.9. The van der Waals surface area contributed by atoms with Crippen LogP contribution in [0.15, 0.2) is 35.5 Å². The minimum absolute atomic E-state index is 0.0500. The molecule has 5 atom stereocenters. The van der Waals surface area contributed by atoms with Gasteiger partial charge in [0.1, 0.15) is 12.7 Å². The Hall–Kier alpha value is -1.35. The molecular weight excluding hydrogens is 420 g/mol. The van der Waals surface area contributed by atoms with Crippen molar-refractivity contribution in [3.63, 3.8) is 0 Å². The Kier molecular flexibility index (Phi) is 10.1. The fourth-order valence-electron chi connectivity index (χ4n) is 7.15. The number of fused-ring (bicyclic) bond motifs is 1. The van der Waals surface area contributed by atoms with Gasteiger partial charge in [-0.2, -0.15) is 0 Å². The lowest BCUT2D eigenvalue weighted by Crippen LogP contribution is -2.36. The number of carbonyl (C=O) groups excluding carboxylic acids is 1. The van der Waals surface area contributed by atoms with Crippen LogP contribution >= 0.6 is 0 Å². The maximum atomic E-state index is 12.0. The zero-order valence-electron chi connectivity index (χ0n) is 22.7. The first-order valence-electron chi connectivity index (χ1n) is 14.1. The second-order valence-corrected chi connectivity index (χ2v) is 11.9. The molecule has 0 radical (unpaired) electrons. The van der Waals surface area contributed by atoms with E-state index in [2.05, 4.69) is 46.4 Å². The van der Waals surface area contributed by atoms with Gasteiger partial charge in [-0.15, -0.1) is 0 Å². The van der Waals surface area contributed by atoms with E-state index in [-0.39, 0.29) is 18.7 Å². The number of ether oxygens (including phenoxy) is 2. The Labute approximate surface area is 209 Å². The summed E-state index contributed by atoms with van der Waals surface area (Å²) in [6.07, 6.45) is 18.0. The van der Waals surface area contributed by atoms with E-state index >= 15 is 0 Å². The molecule has 0 N–H and O–H groups in total. The van der Waals surface area contributed by atoms with Crippen LogP contribution in [0.3, 0.4) is 0 Å². The van der Waals surface area contributed by atoms with Gasteiger partial charge in [0.05, 0.1) is 0 Å². The molecule has 3 aliphatic rings. The largest absolute Gasteiger partial charge is 0.460 e. The molecule has 0 amide bonds. The highest BCUT2D eigenvalue weighted by Gasteiger charge is 2.50. The molecule has 0 aromatic carbocycles. The number of rotatable bonds is 10. The minimum atomic E-state index is -0.250. The van der Waals surface area contributed by atoms with E-state index in [1.165, 1.54) is 62.5 Å². The van der Waals surface area contributed by atoms with Crippen molar-refractivity contribution in [2.75, 3.05) is 13.2 Å². The molecule has 3 fully saturated rings. The van der Waals surface area contributed by atoms with Crippen LogP contribution in [0.1, 0.15) is 105 Å². The van der Waals surface area contributed by atoms with Crippen LogP contribution < -0.4 is 0 Å². The van der Waals surface area contributed by atoms with Gasteiger partial charge in [-0.3, -0.25) is 0 Å². The Morgan fingerprint density at radius 2 is 1.94 bits per heavy atom. The van der Waals surface area contributed by atoms with Gasteiger partial charge < -0.3 is 9.47 Å². The van der Waals surface area contributed by atoms with E-state index < -0.39 is 0 Å². The van der Waals surface area contributed by atoms with Crippen LogP contribution in [-0.2, 0) is 14.3 Å². The first-order chi connectivity index (χ1) is 16.2. The number of hydrogen-bond acceptors (Lipinski definition) is 3. The number of hydrogen-bond donors (Lipinski definition) is 0. The van der Waals surface area contributed by atoms with Crippen LogP contribution in [0, 0.1) is 29.1 Å². The lowest BCUT2D eigenvalue weighted by atomic mass is 9.60. The predicted molar refractivity (Wildman–Crippen MR) is 142 cm³/mol. The number of allylic oxidation sites excluding steroid dienone is 4. The molecule has 3 saturated carbocycles. The Morgan fingerprint density at radius 3 is 2.68 bits per heavy atom. The average Bonchev–Trinajstić information content (AvgIpc) is 3.15. The van der Waals surface area contributed by atoms with Crippen molar-refractivity contribution < 1.29 is 14.3 Å². The third-order valence-electron chi connectivity index (χ3n) is 9.06. The quantitative estimate of drug-likeness (QED) is 0.302. The third kappa shape index (κ3) is 6.86. The lowest BCUT2D eigenvalue weighted by Gasteiger charge is -2.44. The first-order valence-corrected chi connectivity index (χ1v) is 14.1. The Bertz CT molecular complexity index is 761. The Morgan fingerprint density at radius 1 is 1.15 bits per heavy atom. The SMILES string of the molecule is C=C1CC[C@H](OC(=O)COCC)C/C1=C/C=C1\CCC[C@@]2(C)C1CC[C@@H]2[C@H](C)CCCC(C)C. The van der Waals surface area contributed by atoms with Crippen molar-refractivity contribution in [3.05, 3.63) is 35.5 Å². The van der Waals surface area contributed by atoms with Gasteiger partial charge in [-0.1, -0.05) is 76.8 Å². The van der Waals surface area contributed by atoms with Gasteiger partial charge in [0.25, 0.3) is 0 Å². The van der Waals surface area contributed by atoms with Crippen molar-refractivity contribution in [1.82, 2.24) is 0 Å². The van der Waals surface area contributed by atoms with Crippen molar-refractivity contribution in [2.45, 2.75) is 111 Å². The molecule has 34 heavy (non-hydrogen) atoms. The normalized spacial score (nSPS) is 32.9. The van der Waals surface area contributed by atoms with Crippen molar-refractivity contribution >= 4 is 5.97 Å². The van der Waals surface area contributed by atoms with Crippen molar-refractivity contribution in [1.29, 1.82) is 0 Å². The summed E-state index contributed by atoms with van der Waals surface area (Å²) in [5, 5.41) is 0. The molecule has 0 bridgehead atoms. The fourth-order valence-corrected chi connectivity index (χ4v) is 7.15. The molecule has 0 spiro atoms. The molecule has 3 heteroatoms. The third-order valence-corrected chi connectivity index (χ3v) is 9.06. The molecule has 3 rings (SSSR count). The van der Waals surface area contributed by atoms with Gasteiger partial charge in [-0.05, 0) is 86.5 Å². The second-order valence-electron chi connectivity index (χ2n) is 11.9. The topological polar surface area (TPSA) is 35.5 Å². The smallest absolute Gasteiger partial charge is 0.332 e. The molecule has 3 aliphatic carbocycles. The van der Waals surface area contributed by atoms with Gasteiger partial charge in [-0.25, -0.2) is 4.79 Å². The maximum Gasteiger partial charge on any atom is 0.332 e. The molecule has 0 aromatic heterocycles. The first kappa shape index (κ1) is 27.2. The van der Waals surface area contributed by atoms with Crippen molar-refractivity contribution in [3.8, 4) is 0 Å². The van der Waals surface area contributed by atoms with E-state index in [9.17, 15) is 4.79 Å². The fraction of sp³-hybridized carbons (Fsp3) is 0.774.